The second-order valence-corrected chi connectivity index (χ2v) is 5.66. The molecule has 1 atom stereocenters. The molecule has 0 radical (unpaired) electrons. The first kappa shape index (κ1) is 17.8. The van der Waals surface area contributed by atoms with Gasteiger partial charge in [-0.25, -0.2) is 0 Å². The number of hydrogen-bond donors (Lipinski definition) is 2. The van der Waals surface area contributed by atoms with E-state index in [1.165, 1.54) is 7.11 Å². The molecule has 2 N–H and O–H groups in total. The van der Waals surface area contributed by atoms with Gasteiger partial charge in [-0.05, 0) is 43.2 Å². The molecule has 0 aromatic heterocycles. The summed E-state index contributed by atoms with van der Waals surface area (Å²) in [6.45, 7) is 3.94. The lowest BCUT2D eigenvalue weighted by Crippen LogP contribution is -2.29. The first-order chi connectivity index (χ1) is 11.5. The third-order valence-corrected chi connectivity index (χ3v) is 3.89. The van der Waals surface area contributed by atoms with Crippen LogP contribution in [0.5, 0.6) is 11.5 Å². The van der Waals surface area contributed by atoms with Crippen LogP contribution in [-0.2, 0) is 0 Å². The first-order valence-electron chi connectivity index (χ1n) is 7.71. The van der Waals surface area contributed by atoms with E-state index in [0.717, 1.165) is 11.1 Å². The third-order valence-electron chi connectivity index (χ3n) is 3.89. The Morgan fingerprint density at radius 3 is 2.46 bits per heavy atom. The number of nitrogens with one attached hydrogen (secondary N) is 1. The topological polar surface area (TPSA) is 67.8 Å². The van der Waals surface area contributed by atoms with Crippen molar-refractivity contribution in [1.82, 2.24) is 5.32 Å². The van der Waals surface area contributed by atoms with Crippen molar-refractivity contribution in [2.75, 3.05) is 20.8 Å². The van der Waals surface area contributed by atoms with E-state index in [0.29, 0.717) is 22.6 Å². The van der Waals surface area contributed by atoms with E-state index < -0.39 is 6.10 Å². The number of aliphatic hydroxyl groups excluding tert-OH is 1. The summed E-state index contributed by atoms with van der Waals surface area (Å²) in [5, 5.41) is 13.1. The molecule has 0 heterocycles. The maximum absolute atomic E-state index is 12.3. The molecule has 2 rings (SSSR count). The van der Waals surface area contributed by atoms with Crippen LogP contribution in [0.3, 0.4) is 0 Å². The minimum absolute atomic E-state index is 0.113. The molecular formula is C19H23NO4. The van der Waals surface area contributed by atoms with Crippen LogP contribution < -0.4 is 14.8 Å². The van der Waals surface area contributed by atoms with Gasteiger partial charge in [0.05, 0.1) is 20.3 Å². The molecule has 0 fully saturated rings. The zero-order valence-corrected chi connectivity index (χ0v) is 14.4. The lowest BCUT2D eigenvalue weighted by atomic mass is 10.0. The molecule has 0 aliphatic heterocycles. The fraction of sp³-hybridized carbons (Fsp3) is 0.316. The molecule has 0 saturated carbocycles. The highest BCUT2D eigenvalue weighted by Crippen LogP contribution is 2.29. The zero-order chi connectivity index (χ0) is 17.7. The quantitative estimate of drug-likeness (QED) is 0.855. The summed E-state index contributed by atoms with van der Waals surface area (Å²) in [4.78, 5) is 12.3. The Morgan fingerprint density at radius 2 is 1.79 bits per heavy atom. The standard InChI is InChI=1S/C19H23NO4/c1-12-5-6-13(2)15(9-12)19(22)20-11-16(21)14-7-8-17(23-3)18(10-14)24-4/h5-10,16,21H,11H2,1-4H3,(H,20,22)/t16-/m1/s1. The van der Waals surface area contributed by atoms with Gasteiger partial charge in [-0.1, -0.05) is 23.8 Å². The summed E-state index contributed by atoms with van der Waals surface area (Å²) in [5.41, 5.74) is 3.19. The molecule has 0 aliphatic carbocycles. The van der Waals surface area contributed by atoms with E-state index in [9.17, 15) is 9.90 Å². The number of amides is 1. The Bertz CT molecular complexity index is 727. The Balaban J connectivity index is 2.06. The number of carbonyl (C=O) groups excluding carboxylic acids is 1. The highest BCUT2D eigenvalue weighted by molar-refractivity contribution is 5.95. The highest BCUT2D eigenvalue weighted by Gasteiger charge is 2.14. The van der Waals surface area contributed by atoms with Gasteiger partial charge in [0.15, 0.2) is 11.5 Å². The molecule has 5 nitrogen and oxygen atoms in total. The maximum atomic E-state index is 12.3. The molecule has 0 unspecified atom stereocenters. The van der Waals surface area contributed by atoms with E-state index in [2.05, 4.69) is 5.32 Å². The van der Waals surface area contributed by atoms with Crippen LogP contribution in [0.15, 0.2) is 36.4 Å². The Labute approximate surface area is 142 Å². The molecule has 0 bridgehead atoms. The molecule has 2 aromatic carbocycles. The van der Waals surface area contributed by atoms with Crippen molar-refractivity contribution in [3.05, 3.63) is 58.7 Å². The number of benzene rings is 2. The van der Waals surface area contributed by atoms with E-state index in [-0.39, 0.29) is 12.5 Å². The summed E-state index contributed by atoms with van der Waals surface area (Å²) in [5.74, 6) is 0.929. The second-order valence-electron chi connectivity index (χ2n) is 5.66. The van der Waals surface area contributed by atoms with Crippen LogP contribution in [0.4, 0.5) is 0 Å². The number of methoxy groups -OCH3 is 2. The van der Waals surface area contributed by atoms with Crippen LogP contribution in [0, 0.1) is 13.8 Å². The Morgan fingerprint density at radius 1 is 1.08 bits per heavy atom. The van der Waals surface area contributed by atoms with Gasteiger partial charge in [0, 0.05) is 12.1 Å². The summed E-state index contributed by atoms with van der Waals surface area (Å²) in [7, 11) is 3.09. The molecular weight excluding hydrogens is 306 g/mol. The van der Waals surface area contributed by atoms with Crippen molar-refractivity contribution in [3.63, 3.8) is 0 Å². The van der Waals surface area contributed by atoms with Crippen molar-refractivity contribution >= 4 is 5.91 Å². The van der Waals surface area contributed by atoms with Crippen LogP contribution in [-0.4, -0.2) is 31.8 Å². The molecule has 0 spiro atoms. The monoisotopic (exact) mass is 329 g/mol. The molecule has 0 saturated heterocycles. The van der Waals surface area contributed by atoms with Gasteiger partial charge in [0.2, 0.25) is 0 Å². The number of hydrogen-bond acceptors (Lipinski definition) is 4. The van der Waals surface area contributed by atoms with Gasteiger partial charge in [-0.15, -0.1) is 0 Å². The Hall–Kier alpha value is -2.53. The van der Waals surface area contributed by atoms with Crippen LogP contribution >= 0.6 is 0 Å². The van der Waals surface area contributed by atoms with E-state index >= 15 is 0 Å². The lowest BCUT2D eigenvalue weighted by molar-refractivity contribution is 0.0915. The minimum atomic E-state index is -0.834. The van der Waals surface area contributed by atoms with Crippen LogP contribution in [0.2, 0.25) is 0 Å². The van der Waals surface area contributed by atoms with E-state index in [1.807, 2.05) is 32.0 Å². The van der Waals surface area contributed by atoms with E-state index in [1.54, 1.807) is 25.3 Å². The van der Waals surface area contributed by atoms with Gasteiger partial charge in [0.25, 0.3) is 5.91 Å². The van der Waals surface area contributed by atoms with Gasteiger partial charge in [-0.2, -0.15) is 0 Å². The van der Waals surface area contributed by atoms with Gasteiger partial charge < -0.3 is 19.9 Å². The summed E-state index contributed by atoms with van der Waals surface area (Å²) in [6, 6.07) is 10.9. The lowest BCUT2D eigenvalue weighted by Gasteiger charge is -2.15. The van der Waals surface area contributed by atoms with Crippen molar-refractivity contribution in [2.24, 2.45) is 0 Å². The molecule has 0 aliphatic rings. The number of rotatable bonds is 6. The van der Waals surface area contributed by atoms with Crippen molar-refractivity contribution in [3.8, 4) is 11.5 Å². The van der Waals surface area contributed by atoms with Crippen LogP contribution in [0.1, 0.15) is 33.2 Å². The predicted octanol–water partition coefficient (Wildman–Crippen LogP) is 2.78. The normalized spacial score (nSPS) is 11.7. The van der Waals surface area contributed by atoms with Gasteiger partial charge in [-0.3, -0.25) is 4.79 Å². The highest BCUT2D eigenvalue weighted by atomic mass is 16.5. The number of ether oxygens (including phenoxy) is 2. The molecule has 1 amide bonds. The number of aryl methyl sites for hydroxylation is 2. The predicted molar refractivity (Wildman–Crippen MR) is 92.8 cm³/mol. The molecule has 2 aromatic rings. The van der Waals surface area contributed by atoms with Gasteiger partial charge >= 0.3 is 0 Å². The second kappa shape index (κ2) is 7.84. The fourth-order valence-corrected chi connectivity index (χ4v) is 2.44. The van der Waals surface area contributed by atoms with Gasteiger partial charge in [0.1, 0.15) is 0 Å². The van der Waals surface area contributed by atoms with Crippen molar-refractivity contribution < 1.29 is 19.4 Å². The van der Waals surface area contributed by atoms with Crippen LogP contribution in [0.25, 0.3) is 0 Å². The average molecular weight is 329 g/mol. The summed E-state index contributed by atoms with van der Waals surface area (Å²) >= 11 is 0. The van der Waals surface area contributed by atoms with Crippen molar-refractivity contribution in [2.45, 2.75) is 20.0 Å². The number of aliphatic hydroxyl groups is 1. The largest absolute Gasteiger partial charge is 0.493 e. The zero-order valence-electron chi connectivity index (χ0n) is 14.4. The Kier molecular flexibility index (Phi) is 5.82. The SMILES string of the molecule is COc1ccc([C@H](O)CNC(=O)c2cc(C)ccc2C)cc1OC. The van der Waals surface area contributed by atoms with Crippen molar-refractivity contribution in [1.29, 1.82) is 0 Å². The summed E-state index contributed by atoms with van der Waals surface area (Å²) < 4.78 is 10.4. The first-order valence-corrected chi connectivity index (χ1v) is 7.71. The van der Waals surface area contributed by atoms with E-state index in [4.69, 9.17) is 9.47 Å². The number of carbonyl (C=O) groups is 1. The maximum Gasteiger partial charge on any atom is 0.251 e. The molecule has 5 heteroatoms. The smallest absolute Gasteiger partial charge is 0.251 e. The summed E-state index contributed by atoms with van der Waals surface area (Å²) in [6.07, 6.45) is -0.834. The minimum Gasteiger partial charge on any atom is -0.493 e. The molecule has 24 heavy (non-hydrogen) atoms. The third kappa shape index (κ3) is 4.06. The fourth-order valence-electron chi connectivity index (χ4n) is 2.44. The molecule has 128 valence electrons. The average Bonchev–Trinajstić information content (AvgIpc) is 2.60.